The molecule has 0 aromatic heterocycles. The van der Waals surface area contributed by atoms with Gasteiger partial charge in [0.2, 0.25) is 0 Å². The summed E-state index contributed by atoms with van der Waals surface area (Å²) in [6.07, 6.45) is 31.4. The summed E-state index contributed by atoms with van der Waals surface area (Å²) in [5.41, 5.74) is 5.45. The summed E-state index contributed by atoms with van der Waals surface area (Å²) in [6.45, 7) is 6.76. The van der Waals surface area contributed by atoms with E-state index >= 15 is 0 Å². The van der Waals surface area contributed by atoms with E-state index in [2.05, 4.69) is 6.92 Å². The summed E-state index contributed by atoms with van der Waals surface area (Å²) in [6, 6.07) is 0. The molecule has 32 heavy (non-hydrogen) atoms. The third-order valence-corrected chi connectivity index (χ3v) is 6.46. The Hall–Kier alpha value is -0.120. The Morgan fingerprint density at radius 2 is 0.594 bits per heavy atom. The van der Waals surface area contributed by atoms with Crippen LogP contribution in [0, 0.1) is 0 Å². The van der Waals surface area contributed by atoms with Gasteiger partial charge < -0.3 is 15.2 Å². The Morgan fingerprint density at radius 1 is 0.344 bits per heavy atom. The highest BCUT2D eigenvalue weighted by Crippen LogP contribution is 2.13. The second-order valence-corrected chi connectivity index (χ2v) is 9.79. The van der Waals surface area contributed by atoms with Crippen molar-refractivity contribution in [1.82, 2.24) is 0 Å². The maximum absolute atomic E-state index is 5.82. The molecular weight excluding hydrogens is 394 g/mol. The predicted molar refractivity (Wildman–Crippen MR) is 143 cm³/mol. The third-order valence-electron chi connectivity index (χ3n) is 6.46. The van der Waals surface area contributed by atoms with E-state index in [0.29, 0.717) is 0 Å². The number of hydrogen-bond donors (Lipinski definition) is 1. The van der Waals surface area contributed by atoms with Crippen LogP contribution in [0.2, 0.25) is 0 Å². The van der Waals surface area contributed by atoms with Gasteiger partial charge in [-0.25, -0.2) is 0 Å². The molecule has 0 rings (SSSR count). The van der Waals surface area contributed by atoms with Crippen molar-refractivity contribution in [3.05, 3.63) is 0 Å². The molecule has 0 saturated heterocycles. The molecule has 0 radical (unpaired) electrons. The van der Waals surface area contributed by atoms with Crippen molar-refractivity contribution in [3.63, 3.8) is 0 Å². The van der Waals surface area contributed by atoms with Crippen molar-refractivity contribution < 1.29 is 9.47 Å². The van der Waals surface area contributed by atoms with E-state index < -0.39 is 0 Å². The molecule has 0 amide bonds. The first-order valence-electron chi connectivity index (χ1n) is 14.8. The van der Waals surface area contributed by atoms with Crippen molar-refractivity contribution >= 4 is 0 Å². The van der Waals surface area contributed by atoms with Crippen molar-refractivity contribution in [2.24, 2.45) is 5.73 Å². The average Bonchev–Trinajstić information content (AvgIpc) is 2.81. The van der Waals surface area contributed by atoms with Gasteiger partial charge >= 0.3 is 0 Å². The fourth-order valence-corrected chi connectivity index (χ4v) is 4.26. The summed E-state index contributed by atoms with van der Waals surface area (Å²) in [7, 11) is 0. The van der Waals surface area contributed by atoms with Gasteiger partial charge in [0.05, 0.1) is 0 Å². The molecule has 0 fully saturated rings. The molecule has 0 aromatic rings. The lowest BCUT2D eigenvalue weighted by Gasteiger charge is -2.05. The summed E-state index contributed by atoms with van der Waals surface area (Å²) < 4.78 is 11.4. The Balaban J connectivity index is 2.98. The molecule has 0 aliphatic carbocycles. The van der Waals surface area contributed by atoms with Crippen LogP contribution in [0.5, 0.6) is 0 Å². The summed E-state index contributed by atoms with van der Waals surface area (Å²) >= 11 is 0. The van der Waals surface area contributed by atoms with E-state index in [1.165, 1.54) is 141 Å². The highest BCUT2D eigenvalue weighted by atomic mass is 16.5. The normalized spacial score (nSPS) is 11.4. The maximum atomic E-state index is 5.82. The van der Waals surface area contributed by atoms with Crippen LogP contribution in [0.1, 0.15) is 155 Å². The molecule has 0 unspecified atom stereocenters. The Morgan fingerprint density at radius 3 is 0.875 bits per heavy atom. The second kappa shape index (κ2) is 30.9. The van der Waals surface area contributed by atoms with Gasteiger partial charge in [0.15, 0.2) is 0 Å². The highest BCUT2D eigenvalue weighted by Gasteiger charge is 1.96. The summed E-state index contributed by atoms with van der Waals surface area (Å²) in [4.78, 5) is 0. The molecule has 2 N–H and O–H groups in total. The van der Waals surface area contributed by atoms with Crippen molar-refractivity contribution in [3.8, 4) is 0 Å². The number of nitrogens with two attached hydrogens (primary N) is 1. The van der Waals surface area contributed by atoms with Gasteiger partial charge in [-0.2, -0.15) is 0 Å². The Kier molecular flexibility index (Phi) is 30.8. The first-order valence-corrected chi connectivity index (χ1v) is 14.8. The van der Waals surface area contributed by atoms with E-state index in [0.717, 1.165) is 39.4 Å². The molecule has 0 spiro atoms. The van der Waals surface area contributed by atoms with E-state index in [9.17, 15) is 0 Å². The van der Waals surface area contributed by atoms with Crippen molar-refractivity contribution in [2.75, 3.05) is 33.0 Å². The highest BCUT2D eigenvalue weighted by molar-refractivity contribution is 4.50. The maximum Gasteiger partial charge on any atom is 0.0478 e. The lowest BCUT2D eigenvalue weighted by Crippen LogP contribution is -2.04. The monoisotopic (exact) mass is 455 g/mol. The average molecular weight is 456 g/mol. The van der Waals surface area contributed by atoms with E-state index in [4.69, 9.17) is 15.2 Å². The minimum atomic E-state index is 0.744. The molecule has 0 aliphatic heterocycles. The van der Waals surface area contributed by atoms with Gasteiger partial charge in [-0.1, -0.05) is 129 Å². The third kappa shape index (κ3) is 29.9. The number of hydrogen-bond acceptors (Lipinski definition) is 3. The number of rotatable bonds is 29. The first-order chi connectivity index (χ1) is 15.9. The summed E-state index contributed by atoms with van der Waals surface area (Å²) in [5, 5.41) is 0. The van der Waals surface area contributed by atoms with Crippen LogP contribution < -0.4 is 5.73 Å². The van der Waals surface area contributed by atoms with Crippen molar-refractivity contribution in [2.45, 2.75) is 155 Å². The Bertz CT molecular complexity index is 282. The van der Waals surface area contributed by atoms with Gasteiger partial charge in [-0.15, -0.1) is 0 Å². The zero-order chi connectivity index (χ0) is 23.2. The van der Waals surface area contributed by atoms with E-state index in [1.807, 2.05) is 0 Å². The number of ether oxygens (including phenoxy) is 2. The zero-order valence-electron chi connectivity index (χ0n) is 22.2. The number of unbranched alkanes of at least 4 members (excludes halogenated alkanes) is 20. The van der Waals surface area contributed by atoms with Gasteiger partial charge in [0.1, 0.15) is 0 Å². The van der Waals surface area contributed by atoms with Crippen molar-refractivity contribution in [1.29, 1.82) is 0 Å². The van der Waals surface area contributed by atoms with E-state index in [1.54, 1.807) is 0 Å². The largest absolute Gasteiger partial charge is 0.381 e. The molecule has 0 atom stereocenters. The Labute approximate surface area is 203 Å². The standard InChI is InChI=1S/C29H61NO2/c1-2-3-4-5-6-7-12-15-18-21-26-31-27-22-19-16-13-10-8-9-11-14-17-20-23-28-32-29-24-25-30/h2-30H2,1H3. The van der Waals surface area contributed by atoms with Gasteiger partial charge in [0, 0.05) is 26.4 Å². The fraction of sp³-hybridized carbons (Fsp3) is 1.00. The van der Waals surface area contributed by atoms with Crippen LogP contribution in [-0.4, -0.2) is 33.0 Å². The second-order valence-electron chi connectivity index (χ2n) is 9.79. The van der Waals surface area contributed by atoms with Gasteiger partial charge in [-0.05, 0) is 32.2 Å². The SMILES string of the molecule is CCCCCCCCCCCCOCCCCCCCCCCCCCCOCCCN. The molecule has 0 aromatic carbocycles. The zero-order valence-corrected chi connectivity index (χ0v) is 22.2. The lowest BCUT2D eigenvalue weighted by atomic mass is 10.1. The van der Waals surface area contributed by atoms with Crippen LogP contribution in [0.4, 0.5) is 0 Å². The van der Waals surface area contributed by atoms with Crippen LogP contribution in [0.15, 0.2) is 0 Å². The topological polar surface area (TPSA) is 44.5 Å². The molecule has 0 aliphatic rings. The van der Waals surface area contributed by atoms with E-state index in [-0.39, 0.29) is 0 Å². The van der Waals surface area contributed by atoms with Crippen LogP contribution >= 0.6 is 0 Å². The van der Waals surface area contributed by atoms with Gasteiger partial charge in [0.25, 0.3) is 0 Å². The fourth-order valence-electron chi connectivity index (χ4n) is 4.26. The van der Waals surface area contributed by atoms with Gasteiger partial charge in [-0.3, -0.25) is 0 Å². The quantitative estimate of drug-likeness (QED) is 0.114. The molecule has 194 valence electrons. The molecule has 0 heterocycles. The predicted octanol–water partition coefficient (Wildman–Crippen LogP) is 8.97. The minimum absolute atomic E-state index is 0.744. The van der Waals surface area contributed by atoms with Crippen LogP contribution in [0.25, 0.3) is 0 Å². The minimum Gasteiger partial charge on any atom is -0.381 e. The summed E-state index contributed by atoms with van der Waals surface area (Å²) in [5.74, 6) is 0. The smallest absolute Gasteiger partial charge is 0.0478 e. The van der Waals surface area contributed by atoms with Crippen LogP contribution in [-0.2, 0) is 9.47 Å². The molecule has 0 bridgehead atoms. The molecule has 3 heteroatoms. The van der Waals surface area contributed by atoms with Crippen LogP contribution in [0.3, 0.4) is 0 Å². The molecular formula is C29H61NO2. The first kappa shape index (κ1) is 31.9. The molecule has 3 nitrogen and oxygen atoms in total. The lowest BCUT2D eigenvalue weighted by molar-refractivity contribution is 0.125. The molecule has 0 saturated carbocycles.